The topological polar surface area (TPSA) is 62.2 Å². The maximum atomic E-state index is 5.60. The summed E-state index contributed by atoms with van der Waals surface area (Å²) in [4.78, 5) is 13.9. The second kappa shape index (κ2) is 12.5. The summed E-state index contributed by atoms with van der Waals surface area (Å²) in [5, 5.41) is 3.42. The van der Waals surface area contributed by atoms with E-state index in [0.717, 1.165) is 61.6 Å². The van der Waals surface area contributed by atoms with Crippen molar-refractivity contribution in [3.05, 3.63) is 48.2 Å². The number of anilines is 1. The molecule has 1 saturated heterocycles. The molecule has 7 nitrogen and oxygen atoms in total. The normalized spacial score (nSPS) is 14.2. The molecule has 1 fully saturated rings. The average Bonchev–Trinajstić information content (AvgIpc) is 2.78. The van der Waals surface area contributed by atoms with Crippen LogP contribution in [0.3, 0.4) is 0 Å². The second-order valence-electron chi connectivity index (χ2n) is 6.75. The Labute approximate surface area is 196 Å². The van der Waals surface area contributed by atoms with Crippen molar-refractivity contribution in [3.63, 3.8) is 0 Å². The minimum absolute atomic E-state index is 0. The second-order valence-corrected chi connectivity index (χ2v) is 6.75. The molecule has 1 aromatic carbocycles. The number of hydrogen-bond acceptors (Lipinski definition) is 5. The molecule has 0 aliphatic carbocycles. The number of nitrogens with one attached hydrogen (secondary N) is 1. The van der Waals surface area contributed by atoms with Gasteiger partial charge in [-0.1, -0.05) is 12.1 Å². The van der Waals surface area contributed by atoms with Crippen LogP contribution in [-0.4, -0.2) is 62.3 Å². The molecule has 0 unspecified atom stereocenters. The number of aliphatic imine (C=N–C) groups is 1. The summed E-state index contributed by atoms with van der Waals surface area (Å²) in [5.41, 5.74) is 1.09. The summed E-state index contributed by atoms with van der Waals surface area (Å²) >= 11 is 0. The fraction of sp³-hybridized carbons (Fsp3) is 0.455. The van der Waals surface area contributed by atoms with E-state index in [1.807, 2.05) is 43.5 Å². The van der Waals surface area contributed by atoms with Crippen LogP contribution in [0.5, 0.6) is 11.5 Å². The lowest BCUT2D eigenvalue weighted by molar-refractivity contribution is 0.310. The lowest BCUT2D eigenvalue weighted by Gasteiger charge is -2.37. The number of benzene rings is 1. The molecule has 3 rings (SSSR count). The van der Waals surface area contributed by atoms with Gasteiger partial charge in [-0.3, -0.25) is 0 Å². The number of pyridine rings is 1. The summed E-state index contributed by atoms with van der Waals surface area (Å²) in [5.74, 6) is 3.49. The van der Waals surface area contributed by atoms with Gasteiger partial charge in [0.1, 0.15) is 5.82 Å². The van der Waals surface area contributed by atoms with Crippen LogP contribution in [0, 0.1) is 0 Å². The Morgan fingerprint density at radius 1 is 1.10 bits per heavy atom. The van der Waals surface area contributed by atoms with Gasteiger partial charge in [0.05, 0.1) is 20.3 Å². The van der Waals surface area contributed by atoms with Crippen LogP contribution in [0.4, 0.5) is 5.82 Å². The number of rotatable bonds is 7. The predicted molar refractivity (Wildman–Crippen MR) is 132 cm³/mol. The minimum atomic E-state index is 0. The number of methoxy groups -OCH3 is 1. The van der Waals surface area contributed by atoms with Gasteiger partial charge >= 0.3 is 0 Å². The lowest BCUT2D eigenvalue weighted by Crippen LogP contribution is -2.52. The first-order valence-corrected chi connectivity index (χ1v) is 10.2. The predicted octanol–water partition coefficient (Wildman–Crippen LogP) is 3.39. The smallest absolute Gasteiger partial charge is 0.194 e. The van der Waals surface area contributed by atoms with E-state index in [-0.39, 0.29) is 24.0 Å². The van der Waals surface area contributed by atoms with Crippen molar-refractivity contribution < 1.29 is 9.47 Å². The minimum Gasteiger partial charge on any atom is -0.493 e. The van der Waals surface area contributed by atoms with E-state index in [4.69, 9.17) is 14.5 Å². The Kier molecular flexibility index (Phi) is 9.99. The summed E-state index contributed by atoms with van der Waals surface area (Å²) in [6, 6.07) is 12.0. The fourth-order valence-corrected chi connectivity index (χ4v) is 3.37. The molecule has 1 N–H and O–H groups in total. The first-order valence-electron chi connectivity index (χ1n) is 10.2. The van der Waals surface area contributed by atoms with Crippen LogP contribution in [0.25, 0.3) is 0 Å². The van der Waals surface area contributed by atoms with E-state index >= 15 is 0 Å². The maximum Gasteiger partial charge on any atom is 0.194 e. The molecule has 0 spiro atoms. The summed E-state index contributed by atoms with van der Waals surface area (Å²) in [7, 11) is 1.66. The molecule has 164 valence electrons. The van der Waals surface area contributed by atoms with E-state index in [1.165, 1.54) is 0 Å². The number of hydrogen-bond donors (Lipinski definition) is 1. The molecule has 2 heterocycles. The SMILES string of the molecule is CCNC(=NCc1ccc(OCC)c(OC)c1)N1CCN(c2ccccn2)CC1.I. The summed E-state index contributed by atoms with van der Waals surface area (Å²) in [6.07, 6.45) is 1.85. The number of guanidine groups is 1. The largest absolute Gasteiger partial charge is 0.493 e. The Hall–Kier alpha value is -2.23. The quantitative estimate of drug-likeness (QED) is 0.340. The van der Waals surface area contributed by atoms with Gasteiger partial charge in [-0.2, -0.15) is 0 Å². The highest BCUT2D eigenvalue weighted by atomic mass is 127. The third-order valence-corrected chi connectivity index (χ3v) is 4.83. The monoisotopic (exact) mass is 525 g/mol. The standard InChI is InChI=1S/C22H31N5O2.HI/c1-4-23-22(25-17-18-9-10-19(29-5-2)20(16-18)28-3)27-14-12-26(13-15-27)21-8-6-7-11-24-21;/h6-11,16H,4-5,12-15,17H2,1-3H3,(H,23,25);1H. The zero-order chi connectivity index (χ0) is 20.5. The van der Waals surface area contributed by atoms with Crippen molar-refractivity contribution in [2.75, 3.05) is 51.3 Å². The Bertz CT molecular complexity index is 795. The molecule has 0 radical (unpaired) electrons. The molecule has 1 aromatic heterocycles. The Morgan fingerprint density at radius 3 is 2.53 bits per heavy atom. The van der Waals surface area contributed by atoms with Crippen LogP contribution in [-0.2, 0) is 6.54 Å². The first-order chi connectivity index (χ1) is 14.2. The lowest BCUT2D eigenvalue weighted by atomic mass is 10.2. The number of piperazine rings is 1. The van der Waals surface area contributed by atoms with Crippen molar-refractivity contribution in [1.29, 1.82) is 0 Å². The molecule has 0 atom stereocenters. The van der Waals surface area contributed by atoms with Crippen molar-refractivity contribution in [3.8, 4) is 11.5 Å². The van der Waals surface area contributed by atoms with Crippen LogP contribution in [0.2, 0.25) is 0 Å². The van der Waals surface area contributed by atoms with Crippen molar-refractivity contribution in [2.24, 2.45) is 4.99 Å². The van der Waals surface area contributed by atoms with Gasteiger partial charge < -0.3 is 24.6 Å². The molecule has 0 saturated carbocycles. The average molecular weight is 525 g/mol. The molecule has 30 heavy (non-hydrogen) atoms. The third-order valence-electron chi connectivity index (χ3n) is 4.83. The zero-order valence-electron chi connectivity index (χ0n) is 18.0. The summed E-state index contributed by atoms with van der Waals surface area (Å²) < 4.78 is 11.0. The molecule has 0 bridgehead atoms. The van der Waals surface area contributed by atoms with Gasteiger partial charge in [0.25, 0.3) is 0 Å². The van der Waals surface area contributed by atoms with Crippen molar-refractivity contribution in [2.45, 2.75) is 20.4 Å². The number of ether oxygens (including phenoxy) is 2. The molecule has 2 aromatic rings. The van der Waals surface area contributed by atoms with E-state index in [1.54, 1.807) is 7.11 Å². The van der Waals surface area contributed by atoms with Gasteiger partial charge in [-0.05, 0) is 43.7 Å². The van der Waals surface area contributed by atoms with Crippen LogP contribution >= 0.6 is 24.0 Å². The number of aromatic nitrogens is 1. The van der Waals surface area contributed by atoms with Crippen LogP contribution in [0.15, 0.2) is 47.6 Å². The first kappa shape index (κ1) is 24.0. The van der Waals surface area contributed by atoms with E-state index in [2.05, 4.69) is 33.1 Å². The van der Waals surface area contributed by atoms with Crippen molar-refractivity contribution in [1.82, 2.24) is 15.2 Å². The molecule has 1 aliphatic heterocycles. The van der Waals surface area contributed by atoms with E-state index in [9.17, 15) is 0 Å². The molecular formula is C22H32IN5O2. The van der Waals surface area contributed by atoms with Crippen LogP contribution < -0.4 is 19.7 Å². The van der Waals surface area contributed by atoms with Gasteiger partial charge in [0, 0.05) is 38.9 Å². The van der Waals surface area contributed by atoms with Gasteiger partial charge in [-0.25, -0.2) is 9.98 Å². The Balaban J connectivity index is 0.00000320. The number of halogens is 1. The Morgan fingerprint density at radius 2 is 1.90 bits per heavy atom. The molecule has 0 amide bonds. The van der Waals surface area contributed by atoms with Crippen molar-refractivity contribution >= 4 is 35.8 Å². The van der Waals surface area contributed by atoms with Gasteiger partial charge in [0.2, 0.25) is 0 Å². The van der Waals surface area contributed by atoms with Gasteiger partial charge in [-0.15, -0.1) is 24.0 Å². The van der Waals surface area contributed by atoms with E-state index < -0.39 is 0 Å². The number of nitrogens with zero attached hydrogens (tertiary/aromatic N) is 4. The van der Waals surface area contributed by atoms with Gasteiger partial charge in [0.15, 0.2) is 17.5 Å². The highest BCUT2D eigenvalue weighted by molar-refractivity contribution is 14.0. The maximum absolute atomic E-state index is 5.60. The zero-order valence-corrected chi connectivity index (χ0v) is 20.3. The van der Waals surface area contributed by atoms with E-state index in [0.29, 0.717) is 13.2 Å². The molecule has 1 aliphatic rings. The molecule has 8 heteroatoms. The highest BCUT2D eigenvalue weighted by Gasteiger charge is 2.20. The van der Waals surface area contributed by atoms with Crippen LogP contribution in [0.1, 0.15) is 19.4 Å². The molecular weight excluding hydrogens is 493 g/mol. The summed E-state index contributed by atoms with van der Waals surface area (Å²) in [6.45, 7) is 9.79. The fourth-order valence-electron chi connectivity index (χ4n) is 3.37. The highest BCUT2D eigenvalue weighted by Crippen LogP contribution is 2.28. The third kappa shape index (κ3) is 6.38.